The number of carbonyl (C=O) groups is 3. The predicted molar refractivity (Wildman–Crippen MR) is 156 cm³/mol. The van der Waals surface area contributed by atoms with Gasteiger partial charge in [-0.1, -0.05) is 26.7 Å². The van der Waals surface area contributed by atoms with E-state index in [-0.39, 0.29) is 61.7 Å². The summed E-state index contributed by atoms with van der Waals surface area (Å²) in [6.45, 7) is 10.4. The van der Waals surface area contributed by atoms with Crippen LogP contribution in [-0.2, 0) is 27.1 Å². The molecule has 9 heteroatoms. The number of phenolic OH excluding ortho intramolecular Hbond substituents is 1. The minimum absolute atomic E-state index is 0.0273. The summed E-state index contributed by atoms with van der Waals surface area (Å²) in [4.78, 5) is 35.7. The lowest BCUT2D eigenvalue weighted by Crippen LogP contribution is -2.15. The molecule has 0 heterocycles. The van der Waals surface area contributed by atoms with E-state index in [0.29, 0.717) is 60.9 Å². The fraction of sp³-hybridized carbons (Fsp3) is 0.531. The van der Waals surface area contributed by atoms with Crippen molar-refractivity contribution in [2.75, 3.05) is 39.6 Å². The molecular formula is C32H44O9. The fourth-order valence-corrected chi connectivity index (χ4v) is 4.35. The summed E-state index contributed by atoms with van der Waals surface area (Å²) in [5.74, 6) is 1.07. The number of benzene rings is 2. The second-order valence-corrected chi connectivity index (χ2v) is 9.54. The zero-order valence-electron chi connectivity index (χ0n) is 25.0. The number of phenols is 1. The summed E-state index contributed by atoms with van der Waals surface area (Å²) in [5, 5.41) is 10.5. The number of Topliss-reactive ketones (excluding diaryl/α,β-unsaturated/α-hetero) is 2. The van der Waals surface area contributed by atoms with Gasteiger partial charge < -0.3 is 28.8 Å². The molecule has 0 atom stereocenters. The second kappa shape index (κ2) is 18.0. The Labute approximate surface area is 243 Å². The van der Waals surface area contributed by atoms with Gasteiger partial charge in [-0.2, -0.15) is 0 Å². The Balaban J connectivity index is 1.95. The number of aromatic hydroxyl groups is 1. The predicted octanol–water partition coefficient (Wildman–Crippen LogP) is 5.90. The van der Waals surface area contributed by atoms with E-state index in [2.05, 4.69) is 0 Å². The van der Waals surface area contributed by atoms with E-state index in [9.17, 15) is 19.5 Å². The molecule has 0 unspecified atom stereocenters. The molecule has 0 aliphatic carbocycles. The fourth-order valence-electron chi connectivity index (χ4n) is 4.35. The molecule has 2 aromatic carbocycles. The zero-order valence-corrected chi connectivity index (χ0v) is 25.0. The Morgan fingerprint density at radius 3 is 1.88 bits per heavy atom. The van der Waals surface area contributed by atoms with Crippen LogP contribution in [0.5, 0.6) is 23.0 Å². The van der Waals surface area contributed by atoms with Crippen molar-refractivity contribution < 1.29 is 43.2 Å². The lowest BCUT2D eigenvalue weighted by molar-refractivity contribution is -0.143. The average molecular weight is 573 g/mol. The molecule has 41 heavy (non-hydrogen) atoms. The van der Waals surface area contributed by atoms with Gasteiger partial charge in [0.1, 0.15) is 36.2 Å². The molecule has 0 aliphatic rings. The molecular weight excluding hydrogens is 528 g/mol. The van der Waals surface area contributed by atoms with Gasteiger partial charge in [0.2, 0.25) is 0 Å². The molecule has 1 N–H and O–H groups in total. The van der Waals surface area contributed by atoms with Gasteiger partial charge in [0.05, 0.1) is 37.6 Å². The SMILES string of the molecule is CCCc1c(OCCOCCOc2c(C(C)=O)ccc(OCCCC(=O)OCC)c2CCC)ccc(C(C)=O)c1O. The van der Waals surface area contributed by atoms with Crippen LogP contribution in [0.3, 0.4) is 0 Å². The summed E-state index contributed by atoms with van der Waals surface area (Å²) < 4.78 is 28.5. The van der Waals surface area contributed by atoms with Crippen LogP contribution in [0.1, 0.15) is 92.1 Å². The molecule has 9 nitrogen and oxygen atoms in total. The van der Waals surface area contributed by atoms with Crippen LogP contribution in [0.25, 0.3) is 0 Å². The van der Waals surface area contributed by atoms with Crippen molar-refractivity contribution in [3.05, 3.63) is 46.5 Å². The Morgan fingerprint density at radius 2 is 1.27 bits per heavy atom. The van der Waals surface area contributed by atoms with Crippen LogP contribution in [0, 0.1) is 0 Å². The minimum atomic E-state index is -0.253. The molecule has 0 saturated carbocycles. The number of carbonyl (C=O) groups excluding carboxylic acids is 3. The van der Waals surface area contributed by atoms with Crippen molar-refractivity contribution in [2.45, 2.75) is 73.1 Å². The summed E-state index contributed by atoms with van der Waals surface area (Å²) >= 11 is 0. The third-order valence-electron chi connectivity index (χ3n) is 6.26. The van der Waals surface area contributed by atoms with Crippen LogP contribution < -0.4 is 14.2 Å². The quantitative estimate of drug-likeness (QED) is 0.118. The van der Waals surface area contributed by atoms with Crippen LogP contribution in [0.2, 0.25) is 0 Å². The second-order valence-electron chi connectivity index (χ2n) is 9.54. The van der Waals surface area contributed by atoms with Crippen LogP contribution >= 0.6 is 0 Å². The number of ketones is 2. The molecule has 2 aromatic rings. The zero-order chi connectivity index (χ0) is 30.2. The maximum Gasteiger partial charge on any atom is 0.305 e. The van der Waals surface area contributed by atoms with Crippen molar-refractivity contribution in [2.24, 2.45) is 0 Å². The highest BCUT2D eigenvalue weighted by atomic mass is 16.5. The minimum Gasteiger partial charge on any atom is -0.507 e. The van der Waals surface area contributed by atoms with Crippen LogP contribution in [0.15, 0.2) is 24.3 Å². The molecule has 0 fully saturated rings. The third-order valence-corrected chi connectivity index (χ3v) is 6.26. The Morgan fingerprint density at radius 1 is 0.707 bits per heavy atom. The number of hydrogen-bond donors (Lipinski definition) is 1. The van der Waals surface area contributed by atoms with E-state index in [1.54, 1.807) is 31.2 Å². The first-order chi connectivity index (χ1) is 19.7. The molecule has 0 bridgehead atoms. The van der Waals surface area contributed by atoms with E-state index < -0.39 is 0 Å². The van der Waals surface area contributed by atoms with Gasteiger partial charge in [0.15, 0.2) is 11.6 Å². The van der Waals surface area contributed by atoms with Crippen LogP contribution in [0.4, 0.5) is 0 Å². The number of rotatable bonds is 20. The Hall–Kier alpha value is -3.59. The number of hydrogen-bond acceptors (Lipinski definition) is 9. The average Bonchev–Trinajstić information content (AvgIpc) is 2.93. The van der Waals surface area contributed by atoms with Gasteiger partial charge in [-0.15, -0.1) is 0 Å². The lowest BCUT2D eigenvalue weighted by Gasteiger charge is -2.19. The molecule has 2 rings (SSSR count). The highest BCUT2D eigenvalue weighted by Crippen LogP contribution is 2.35. The first-order valence-corrected chi connectivity index (χ1v) is 14.4. The smallest absolute Gasteiger partial charge is 0.305 e. The summed E-state index contributed by atoms with van der Waals surface area (Å²) in [7, 11) is 0. The van der Waals surface area contributed by atoms with Crippen molar-refractivity contribution in [3.63, 3.8) is 0 Å². The van der Waals surface area contributed by atoms with Crippen molar-refractivity contribution in [1.82, 2.24) is 0 Å². The van der Waals surface area contributed by atoms with Gasteiger partial charge in [0.25, 0.3) is 0 Å². The largest absolute Gasteiger partial charge is 0.507 e. The summed E-state index contributed by atoms with van der Waals surface area (Å²) in [5.41, 5.74) is 2.20. The van der Waals surface area contributed by atoms with E-state index >= 15 is 0 Å². The van der Waals surface area contributed by atoms with Gasteiger partial charge in [0, 0.05) is 17.5 Å². The number of ether oxygens (including phenoxy) is 5. The molecule has 0 amide bonds. The monoisotopic (exact) mass is 572 g/mol. The molecule has 0 spiro atoms. The Kier molecular flexibility index (Phi) is 14.7. The normalized spacial score (nSPS) is 10.8. The molecule has 0 aromatic heterocycles. The first kappa shape index (κ1) is 33.6. The van der Waals surface area contributed by atoms with Gasteiger partial charge in [-0.05, 0) is 64.3 Å². The van der Waals surface area contributed by atoms with Crippen LogP contribution in [-0.4, -0.2) is 62.3 Å². The standard InChI is InChI=1S/C32H44O9/c1-6-10-26-28(15-13-24(22(4)33)31(26)36)40-20-18-37-19-21-41-32-25(23(5)34)14-16-29(27(32)11-7-2)39-17-9-12-30(35)38-8-3/h13-16,36H,6-12,17-21H2,1-5H3. The van der Waals surface area contributed by atoms with Crippen molar-refractivity contribution in [1.29, 1.82) is 0 Å². The molecule has 226 valence electrons. The number of esters is 1. The molecule has 0 radical (unpaired) electrons. The lowest BCUT2D eigenvalue weighted by atomic mass is 10.0. The summed E-state index contributed by atoms with van der Waals surface area (Å²) in [6, 6.07) is 6.75. The van der Waals surface area contributed by atoms with E-state index in [1.165, 1.54) is 13.8 Å². The van der Waals surface area contributed by atoms with Crippen molar-refractivity contribution >= 4 is 17.5 Å². The van der Waals surface area contributed by atoms with Gasteiger partial charge >= 0.3 is 5.97 Å². The third kappa shape index (κ3) is 10.4. The maximum absolute atomic E-state index is 12.3. The highest BCUT2D eigenvalue weighted by molar-refractivity contribution is 5.98. The topological polar surface area (TPSA) is 118 Å². The first-order valence-electron chi connectivity index (χ1n) is 14.4. The van der Waals surface area contributed by atoms with E-state index in [0.717, 1.165) is 18.4 Å². The van der Waals surface area contributed by atoms with Gasteiger partial charge in [-0.25, -0.2) is 0 Å². The van der Waals surface area contributed by atoms with E-state index in [1.807, 2.05) is 13.8 Å². The Bertz CT molecular complexity index is 1160. The molecule has 0 saturated heterocycles. The molecule has 0 aliphatic heterocycles. The van der Waals surface area contributed by atoms with Gasteiger partial charge in [-0.3, -0.25) is 14.4 Å². The maximum atomic E-state index is 12.3. The summed E-state index contributed by atoms with van der Waals surface area (Å²) in [6.07, 6.45) is 3.66. The highest BCUT2D eigenvalue weighted by Gasteiger charge is 2.19. The van der Waals surface area contributed by atoms with E-state index in [4.69, 9.17) is 23.7 Å². The van der Waals surface area contributed by atoms with Crippen molar-refractivity contribution in [3.8, 4) is 23.0 Å².